The van der Waals surface area contributed by atoms with Gasteiger partial charge in [-0.05, 0) is 43.7 Å². The lowest BCUT2D eigenvalue weighted by Gasteiger charge is -2.34. The fourth-order valence-corrected chi connectivity index (χ4v) is 8.97. The molecule has 49 heavy (non-hydrogen) atoms. The van der Waals surface area contributed by atoms with Crippen molar-refractivity contribution in [1.29, 1.82) is 0 Å². The van der Waals surface area contributed by atoms with Gasteiger partial charge < -0.3 is 29.3 Å². The summed E-state index contributed by atoms with van der Waals surface area (Å²) in [5.74, 6) is 0.102. The molecule has 2 unspecified atom stereocenters. The van der Waals surface area contributed by atoms with Crippen molar-refractivity contribution in [3.8, 4) is 17.3 Å². The van der Waals surface area contributed by atoms with Gasteiger partial charge in [-0.2, -0.15) is 9.97 Å². The van der Waals surface area contributed by atoms with Crippen LogP contribution in [0.25, 0.3) is 32.9 Å². The monoisotopic (exact) mass is 687 g/mol. The third kappa shape index (κ3) is 5.62. The van der Waals surface area contributed by atoms with Crippen molar-refractivity contribution in [3.05, 3.63) is 53.4 Å². The van der Waals surface area contributed by atoms with E-state index < -0.39 is 5.82 Å². The second-order valence-electron chi connectivity index (χ2n) is 14.1. The van der Waals surface area contributed by atoms with Gasteiger partial charge in [-0.15, -0.1) is 0 Å². The van der Waals surface area contributed by atoms with Crippen LogP contribution in [-0.4, -0.2) is 114 Å². The van der Waals surface area contributed by atoms with E-state index in [4.69, 9.17) is 35.8 Å². The summed E-state index contributed by atoms with van der Waals surface area (Å²) in [6, 6.07) is 12.2. The number of amides is 1. The van der Waals surface area contributed by atoms with Gasteiger partial charge in [-0.25, -0.2) is 9.18 Å². The summed E-state index contributed by atoms with van der Waals surface area (Å²) >= 11 is 6.65. The van der Waals surface area contributed by atoms with Gasteiger partial charge in [-0.3, -0.25) is 9.88 Å². The lowest BCUT2D eigenvalue weighted by atomic mass is 9.94. The van der Waals surface area contributed by atoms with Crippen molar-refractivity contribution in [2.75, 3.05) is 64.0 Å². The number of nitrogens with one attached hydrogen (secondary N) is 1. The highest BCUT2D eigenvalue weighted by Crippen LogP contribution is 2.42. The van der Waals surface area contributed by atoms with E-state index in [2.05, 4.69) is 20.1 Å². The highest BCUT2D eigenvalue weighted by atomic mass is 35.5. The predicted molar refractivity (Wildman–Crippen MR) is 184 cm³/mol. The Balaban J connectivity index is 1.05. The zero-order chi connectivity index (χ0) is 33.1. The average molecular weight is 688 g/mol. The number of ether oxygens (including phenoxy) is 3. The number of fused-ring (bicyclic) bond motifs is 5. The fraction of sp³-hybridized carbons (Fsp3) is 0.500. The van der Waals surface area contributed by atoms with E-state index in [1.807, 2.05) is 30.3 Å². The SMILES string of the molecule is O=C(O[C@@H]1CN2CCC[C@]2(COc2nc(N3CC4CCC(C3)N4)c3cnc(-c4cccc5cccc(Cl)c45)c(F)c3n2)C1)N1CCOCC1. The largest absolute Gasteiger partial charge is 0.461 e. The van der Waals surface area contributed by atoms with Crippen molar-refractivity contribution in [2.45, 2.75) is 55.8 Å². The number of nitrogens with zero attached hydrogens (tertiary/aromatic N) is 6. The summed E-state index contributed by atoms with van der Waals surface area (Å²) in [5, 5.41) is 6.40. The van der Waals surface area contributed by atoms with Crippen molar-refractivity contribution < 1.29 is 23.4 Å². The van der Waals surface area contributed by atoms with Crippen LogP contribution in [0, 0.1) is 5.82 Å². The molecule has 5 aliphatic rings. The van der Waals surface area contributed by atoms with E-state index in [-0.39, 0.29) is 35.0 Å². The quantitative estimate of drug-likeness (QED) is 0.297. The maximum atomic E-state index is 16.8. The van der Waals surface area contributed by atoms with E-state index in [0.29, 0.717) is 79.7 Å². The maximum Gasteiger partial charge on any atom is 0.410 e. The number of piperazine rings is 1. The summed E-state index contributed by atoms with van der Waals surface area (Å²) in [6.45, 7) is 5.54. The van der Waals surface area contributed by atoms with E-state index in [9.17, 15) is 4.79 Å². The second-order valence-corrected chi connectivity index (χ2v) is 14.5. The molecule has 0 saturated carbocycles. The van der Waals surface area contributed by atoms with Crippen molar-refractivity contribution >= 4 is 45.2 Å². The van der Waals surface area contributed by atoms with Gasteiger partial charge in [0.05, 0.1) is 24.1 Å². The first-order valence-electron chi connectivity index (χ1n) is 17.4. The molecule has 4 atom stereocenters. The van der Waals surface area contributed by atoms with Crippen LogP contribution in [0.5, 0.6) is 6.01 Å². The molecule has 2 aromatic carbocycles. The Bertz CT molecular complexity index is 1910. The van der Waals surface area contributed by atoms with Crippen LogP contribution in [0.4, 0.5) is 15.0 Å². The summed E-state index contributed by atoms with van der Waals surface area (Å²) in [5.41, 5.74) is 0.645. The molecule has 4 aromatic rings. The number of rotatable bonds is 6. The van der Waals surface area contributed by atoms with Crippen LogP contribution >= 0.6 is 11.6 Å². The number of hydrogen-bond acceptors (Lipinski definition) is 10. The van der Waals surface area contributed by atoms with E-state index in [1.54, 1.807) is 17.2 Å². The smallest absolute Gasteiger partial charge is 0.410 e. The fourth-order valence-electron chi connectivity index (χ4n) is 8.69. The van der Waals surface area contributed by atoms with Gasteiger partial charge in [0, 0.05) is 73.4 Å². The van der Waals surface area contributed by atoms with Crippen molar-refractivity contribution in [3.63, 3.8) is 0 Å². The molecule has 0 radical (unpaired) electrons. The molecule has 0 aliphatic carbocycles. The Labute approximate surface area is 288 Å². The Hall–Kier alpha value is -3.84. The number of morpholine rings is 1. The standard InChI is InChI=1S/C36H39ClFN7O4/c37-28-7-2-5-22-4-1-6-26(29(22)28)31-30(38)32-27(17-39-31)33(44-18-23-8-9-24(19-44)40-23)42-34(41-32)48-21-36-10-3-11-45(36)20-25(16-36)49-35(46)43-12-14-47-15-13-43/h1-2,4-7,17,23-25,40H,3,8-16,18-21H2/t23?,24?,25-,36+/m0/s1. The lowest BCUT2D eigenvalue weighted by molar-refractivity contribution is 0.0135. The third-order valence-electron chi connectivity index (χ3n) is 11.0. The van der Waals surface area contributed by atoms with E-state index >= 15 is 4.39 Å². The number of pyridine rings is 1. The molecule has 7 heterocycles. The number of aromatic nitrogens is 3. The van der Waals surface area contributed by atoms with Gasteiger partial charge in [0.2, 0.25) is 0 Å². The molecule has 13 heteroatoms. The molecule has 5 fully saturated rings. The highest BCUT2D eigenvalue weighted by molar-refractivity contribution is 6.36. The molecule has 256 valence electrons. The highest BCUT2D eigenvalue weighted by Gasteiger charge is 2.51. The number of carbonyl (C=O) groups is 1. The third-order valence-corrected chi connectivity index (χ3v) is 11.4. The number of halogens is 2. The molecule has 5 saturated heterocycles. The zero-order valence-electron chi connectivity index (χ0n) is 27.2. The first-order chi connectivity index (χ1) is 23.9. The molecule has 0 spiro atoms. The summed E-state index contributed by atoms with van der Waals surface area (Å²) in [6.07, 6.45) is 5.96. The molecule has 2 aromatic heterocycles. The molecule has 11 nitrogen and oxygen atoms in total. The maximum absolute atomic E-state index is 16.8. The topological polar surface area (TPSA) is 105 Å². The normalized spacial score (nSPS) is 26.9. The molecule has 9 rings (SSSR count). The van der Waals surface area contributed by atoms with Gasteiger partial charge in [0.25, 0.3) is 0 Å². The summed E-state index contributed by atoms with van der Waals surface area (Å²) in [4.78, 5) is 33.5. The Kier molecular flexibility index (Phi) is 7.94. The number of benzene rings is 2. The minimum Gasteiger partial charge on any atom is -0.461 e. The minimum atomic E-state index is -0.534. The number of anilines is 1. The number of carbonyl (C=O) groups excluding carboxylic acids is 1. The predicted octanol–water partition coefficient (Wildman–Crippen LogP) is 5.03. The Morgan fingerprint density at radius 1 is 1.06 bits per heavy atom. The molecular formula is C36H39ClFN7O4. The molecular weight excluding hydrogens is 649 g/mol. The van der Waals surface area contributed by atoms with Crippen LogP contribution < -0.4 is 15.0 Å². The average Bonchev–Trinajstić information content (AvgIpc) is 3.78. The van der Waals surface area contributed by atoms with Gasteiger partial charge in [0.1, 0.15) is 29.7 Å². The minimum absolute atomic E-state index is 0.135. The second kappa shape index (κ2) is 12.5. The van der Waals surface area contributed by atoms with Crippen molar-refractivity contribution in [2.24, 2.45) is 0 Å². The zero-order valence-corrected chi connectivity index (χ0v) is 28.0. The Morgan fingerprint density at radius 2 is 1.86 bits per heavy atom. The van der Waals surface area contributed by atoms with Crippen LogP contribution in [0.15, 0.2) is 42.6 Å². The van der Waals surface area contributed by atoms with Crippen LogP contribution in [0.1, 0.15) is 32.1 Å². The van der Waals surface area contributed by atoms with Gasteiger partial charge >= 0.3 is 12.1 Å². The summed E-state index contributed by atoms with van der Waals surface area (Å²) in [7, 11) is 0. The van der Waals surface area contributed by atoms with Crippen LogP contribution in [0.2, 0.25) is 5.02 Å². The van der Waals surface area contributed by atoms with Crippen LogP contribution in [0.3, 0.4) is 0 Å². The molecule has 1 amide bonds. The first kappa shape index (κ1) is 31.2. The molecule has 1 N–H and O–H groups in total. The van der Waals surface area contributed by atoms with Crippen molar-refractivity contribution in [1.82, 2.24) is 30.1 Å². The van der Waals surface area contributed by atoms with Crippen LogP contribution in [-0.2, 0) is 9.47 Å². The van der Waals surface area contributed by atoms with E-state index in [1.165, 1.54) is 0 Å². The van der Waals surface area contributed by atoms with Gasteiger partial charge in [0.15, 0.2) is 5.82 Å². The molecule has 2 bridgehead atoms. The van der Waals surface area contributed by atoms with E-state index in [0.717, 1.165) is 56.1 Å². The van der Waals surface area contributed by atoms with Gasteiger partial charge in [-0.1, -0.05) is 41.9 Å². The lowest BCUT2D eigenvalue weighted by Crippen LogP contribution is -2.51. The first-order valence-corrected chi connectivity index (χ1v) is 17.8. The number of hydrogen-bond donors (Lipinski definition) is 1. The molecule has 5 aliphatic heterocycles. The Morgan fingerprint density at radius 3 is 2.67 bits per heavy atom. The summed E-state index contributed by atoms with van der Waals surface area (Å²) < 4.78 is 34.7.